The van der Waals surface area contributed by atoms with Crippen molar-refractivity contribution in [1.82, 2.24) is 10.2 Å². The summed E-state index contributed by atoms with van der Waals surface area (Å²) >= 11 is 0. The van der Waals surface area contributed by atoms with E-state index in [0.29, 0.717) is 4.90 Å². The van der Waals surface area contributed by atoms with Gasteiger partial charge < -0.3 is 0 Å². The van der Waals surface area contributed by atoms with Crippen molar-refractivity contribution in [2.24, 2.45) is 0 Å². The molecule has 0 aromatic heterocycles. The summed E-state index contributed by atoms with van der Waals surface area (Å²) < 4.78 is 0. The summed E-state index contributed by atoms with van der Waals surface area (Å²) in [7, 11) is 0. The molecule has 2 rings (SSSR count). The Balaban J connectivity index is 2.41. The highest BCUT2D eigenvalue weighted by molar-refractivity contribution is 6.26. The molecule has 0 radical (unpaired) electrons. The minimum absolute atomic E-state index is 0.0137. The van der Waals surface area contributed by atoms with Crippen LogP contribution in [0.5, 0.6) is 0 Å². The van der Waals surface area contributed by atoms with E-state index in [1.54, 1.807) is 0 Å². The fraction of sp³-hybridized carbons (Fsp3) is 0.333. The lowest BCUT2D eigenvalue weighted by Crippen LogP contribution is -2.54. The van der Waals surface area contributed by atoms with Crippen molar-refractivity contribution in [1.29, 1.82) is 0 Å². The molecule has 0 spiro atoms. The van der Waals surface area contributed by atoms with Crippen LogP contribution in [0.4, 0.5) is 0 Å². The van der Waals surface area contributed by atoms with Crippen molar-refractivity contribution in [3.63, 3.8) is 0 Å². The van der Waals surface area contributed by atoms with E-state index in [-0.39, 0.29) is 18.4 Å². The Morgan fingerprint density at radius 2 is 1.95 bits per heavy atom. The standard InChI is InChI=1S/C12H11N3O6/c1-5-9(6(2)15(20)21)12(19)14(11(5)18)7-3-4-8(16)13-10(7)17/h7H,1,3-4H2,2H3,(H,13,16,17)/b9-6-. The third-order valence-electron chi connectivity index (χ3n) is 3.37. The lowest BCUT2D eigenvalue weighted by atomic mass is 10.0. The molecule has 2 heterocycles. The second kappa shape index (κ2) is 4.93. The number of hydrogen-bond donors (Lipinski definition) is 1. The molecule has 110 valence electrons. The van der Waals surface area contributed by atoms with Gasteiger partial charge in [-0.2, -0.15) is 0 Å². The second-order valence-corrected chi connectivity index (χ2v) is 4.64. The van der Waals surface area contributed by atoms with Crippen molar-refractivity contribution in [3.05, 3.63) is 33.5 Å². The number of carbonyl (C=O) groups excluding carboxylic acids is 4. The number of piperidine rings is 1. The molecule has 1 unspecified atom stereocenters. The number of nitrogens with zero attached hydrogens (tertiary/aromatic N) is 2. The van der Waals surface area contributed by atoms with E-state index in [4.69, 9.17) is 0 Å². The van der Waals surface area contributed by atoms with Crippen LogP contribution >= 0.6 is 0 Å². The number of likely N-dealkylation sites (tertiary alicyclic amines) is 1. The largest absolute Gasteiger partial charge is 0.295 e. The number of nitro groups is 1. The molecule has 4 amide bonds. The minimum Gasteiger partial charge on any atom is -0.295 e. The average molecular weight is 293 g/mol. The fourth-order valence-electron chi connectivity index (χ4n) is 2.27. The molecule has 0 bridgehead atoms. The van der Waals surface area contributed by atoms with E-state index < -0.39 is 45.9 Å². The van der Waals surface area contributed by atoms with Gasteiger partial charge in [0.1, 0.15) is 11.6 Å². The first kappa shape index (κ1) is 14.6. The van der Waals surface area contributed by atoms with Crippen LogP contribution in [0.3, 0.4) is 0 Å². The lowest BCUT2D eigenvalue weighted by molar-refractivity contribution is -0.425. The molecule has 2 aliphatic rings. The highest BCUT2D eigenvalue weighted by atomic mass is 16.6. The van der Waals surface area contributed by atoms with Gasteiger partial charge in [-0.05, 0) is 6.42 Å². The van der Waals surface area contributed by atoms with Crippen LogP contribution in [0, 0.1) is 10.1 Å². The topological polar surface area (TPSA) is 127 Å². The fourth-order valence-corrected chi connectivity index (χ4v) is 2.27. The Morgan fingerprint density at radius 1 is 1.33 bits per heavy atom. The van der Waals surface area contributed by atoms with E-state index in [1.807, 2.05) is 5.32 Å². The van der Waals surface area contributed by atoms with Crippen molar-refractivity contribution in [2.75, 3.05) is 0 Å². The molecule has 1 atom stereocenters. The highest BCUT2D eigenvalue weighted by Crippen LogP contribution is 2.30. The van der Waals surface area contributed by atoms with Gasteiger partial charge in [-0.1, -0.05) is 6.58 Å². The normalized spacial score (nSPS) is 25.3. The van der Waals surface area contributed by atoms with Crippen LogP contribution in [0.2, 0.25) is 0 Å². The third-order valence-corrected chi connectivity index (χ3v) is 3.37. The van der Waals surface area contributed by atoms with Crippen LogP contribution < -0.4 is 5.32 Å². The molecule has 0 aliphatic carbocycles. The van der Waals surface area contributed by atoms with Crippen LogP contribution in [0.1, 0.15) is 19.8 Å². The molecule has 1 N–H and O–H groups in total. The van der Waals surface area contributed by atoms with Gasteiger partial charge in [0.2, 0.25) is 11.8 Å². The maximum absolute atomic E-state index is 12.2. The first-order chi connectivity index (χ1) is 9.75. The van der Waals surface area contributed by atoms with E-state index in [2.05, 4.69) is 6.58 Å². The summed E-state index contributed by atoms with van der Waals surface area (Å²) in [6, 6.07) is -1.16. The van der Waals surface area contributed by atoms with Crippen molar-refractivity contribution < 1.29 is 24.1 Å². The summed E-state index contributed by atoms with van der Waals surface area (Å²) in [6.45, 7) is 4.47. The zero-order valence-corrected chi connectivity index (χ0v) is 11.0. The smallest absolute Gasteiger partial charge is 0.268 e. The Hall–Kier alpha value is -2.84. The average Bonchev–Trinajstić information content (AvgIpc) is 2.61. The predicted molar refractivity (Wildman–Crippen MR) is 66.9 cm³/mol. The molecule has 21 heavy (non-hydrogen) atoms. The molecular formula is C12H11N3O6. The zero-order valence-electron chi connectivity index (χ0n) is 11.0. The van der Waals surface area contributed by atoms with E-state index in [9.17, 15) is 29.3 Å². The van der Waals surface area contributed by atoms with Gasteiger partial charge in [0.05, 0.1) is 10.5 Å². The summed E-state index contributed by atoms with van der Waals surface area (Å²) in [5.41, 5.74) is -1.23. The maximum atomic E-state index is 12.2. The van der Waals surface area contributed by atoms with Crippen LogP contribution in [0.15, 0.2) is 23.4 Å². The Labute approximate surface area is 118 Å². The molecule has 0 aromatic carbocycles. The van der Waals surface area contributed by atoms with Crippen LogP contribution in [0.25, 0.3) is 0 Å². The van der Waals surface area contributed by atoms with Gasteiger partial charge in [-0.25, -0.2) is 0 Å². The van der Waals surface area contributed by atoms with E-state index in [1.165, 1.54) is 0 Å². The number of amides is 4. The molecule has 0 saturated carbocycles. The van der Waals surface area contributed by atoms with Crippen LogP contribution in [-0.4, -0.2) is 39.5 Å². The first-order valence-corrected chi connectivity index (χ1v) is 6.01. The van der Waals surface area contributed by atoms with Crippen LogP contribution in [-0.2, 0) is 19.2 Å². The van der Waals surface area contributed by atoms with Gasteiger partial charge in [0, 0.05) is 13.3 Å². The summed E-state index contributed by atoms with van der Waals surface area (Å²) in [4.78, 5) is 57.7. The van der Waals surface area contributed by atoms with Gasteiger partial charge in [-0.15, -0.1) is 0 Å². The van der Waals surface area contributed by atoms with Crippen molar-refractivity contribution >= 4 is 23.6 Å². The monoisotopic (exact) mass is 293 g/mol. The van der Waals surface area contributed by atoms with Gasteiger partial charge in [0.25, 0.3) is 17.5 Å². The van der Waals surface area contributed by atoms with E-state index in [0.717, 1.165) is 6.92 Å². The summed E-state index contributed by atoms with van der Waals surface area (Å²) in [6.07, 6.45) is -0.0343. The number of carbonyl (C=O) groups is 4. The molecule has 2 saturated heterocycles. The number of hydrogen-bond acceptors (Lipinski definition) is 6. The summed E-state index contributed by atoms with van der Waals surface area (Å²) in [5.74, 6) is -3.06. The molecule has 2 fully saturated rings. The third kappa shape index (κ3) is 2.22. The first-order valence-electron chi connectivity index (χ1n) is 6.01. The van der Waals surface area contributed by atoms with Gasteiger partial charge in [0.15, 0.2) is 0 Å². The van der Waals surface area contributed by atoms with Gasteiger partial charge >= 0.3 is 0 Å². The van der Waals surface area contributed by atoms with Gasteiger partial charge in [-0.3, -0.25) is 39.5 Å². The zero-order chi connectivity index (χ0) is 15.9. The number of rotatable bonds is 2. The summed E-state index contributed by atoms with van der Waals surface area (Å²) in [5, 5.41) is 12.8. The van der Waals surface area contributed by atoms with E-state index >= 15 is 0 Å². The van der Waals surface area contributed by atoms with Crippen molar-refractivity contribution in [3.8, 4) is 0 Å². The number of imide groups is 2. The highest BCUT2D eigenvalue weighted by Gasteiger charge is 2.48. The number of allylic oxidation sites excluding steroid dienone is 1. The van der Waals surface area contributed by atoms with Crippen molar-refractivity contribution in [2.45, 2.75) is 25.8 Å². The molecular weight excluding hydrogens is 282 g/mol. The second-order valence-electron chi connectivity index (χ2n) is 4.64. The SMILES string of the molecule is C=C1C(=O)N(C2CCC(=O)NC2=O)C(=O)/C1=C(/C)[N+](=O)[O-]. The minimum atomic E-state index is -1.16. The molecule has 2 aliphatic heterocycles. The Bertz CT molecular complexity index is 647. The predicted octanol–water partition coefficient (Wildman–Crippen LogP) is -0.733. The Kier molecular flexibility index (Phi) is 3.42. The maximum Gasteiger partial charge on any atom is 0.268 e. The molecule has 9 heteroatoms. The molecule has 0 aromatic rings. The quantitative estimate of drug-likeness (QED) is 0.309. The lowest BCUT2D eigenvalue weighted by Gasteiger charge is -2.27. The molecule has 9 nitrogen and oxygen atoms in total. The Morgan fingerprint density at radius 3 is 2.48 bits per heavy atom. The number of nitrogens with one attached hydrogen (secondary N) is 1.